The Morgan fingerprint density at radius 1 is 1.33 bits per heavy atom. The van der Waals surface area contributed by atoms with Crippen molar-refractivity contribution in [2.75, 3.05) is 18.8 Å². The molecule has 2 heterocycles. The summed E-state index contributed by atoms with van der Waals surface area (Å²) in [5.74, 6) is 5.04. The van der Waals surface area contributed by atoms with E-state index in [-0.39, 0.29) is 0 Å². The molecule has 7 heteroatoms. The molecule has 0 fully saturated rings. The van der Waals surface area contributed by atoms with Crippen LogP contribution in [0, 0.1) is 6.92 Å². The van der Waals surface area contributed by atoms with Gasteiger partial charge in [0.25, 0.3) is 0 Å². The monoisotopic (exact) mass is 366 g/mol. The number of imidazole rings is 1. The fourth-order valence-corrected chi connectivity index (χ4v) is 3.30. The molecule has 0 saturated heterocycles. The van der Waals surface area contributed by atoms with Crippen LogP contribution < -0.4 is 10.6 Å². The standard InChI is InChI=1S/C17H26N4OS2/c1-3-16-18-8-11-21(16)10-4-7-19-17(23)20-9-12-24-13-15-6-5-14(2)22-15/h5-6,8,11H,3-4,7,9-10,12-13H2,1-2H3,(H2,19,20,23). The summed E-state index contributed by atoms with van der Waals surface area (Å²) < 4.78 is 7.74. The van der Waals surface area contributed by atoms with Crippen LogP contribution in [-0.2, 0) is 18.7 Å². The number of thioether (sulfide) groups is 1. The van der Waals surface area contributed by atoms with Crippen molar-refractivity contribution in [3.8, 4) is 0 Å². The van der Waals surface area contributed by atoms with Crippen molar-refractivity contribution < 1.29 is 4.42 Å². The molecule has 2 aromatic rings. The summed E-state index contributed by atoms with van der Waals surface area (Å²) in [6.07, 6.45) is 5.89. The van der Waals surface area contributed by atoms with Crippen LogP contribution in [0.1, 0.15) is 30.7 Å². The maximum Gasteiger partial charge on any atom is 0.166 e. The van der Waals surface area contributed by atoms with Gasteiger partial charge in [-0.1, -0.05) is 6.92 Å². The summed E-state index contributed by atoms with van der Waals surface area (Å²) in [6.45, 7) is 6.79. The van der Waals surface area contributed by atoms with Crippen LogP contribution >= 0.6 is 24.0 Å². The maximum atomic E-state index is 5.54. The van der Waals surface area contributed by atoms with Crippen LogP contribution in [0.25, 0.3) is 0 Å². The zero-order chi connectivity index (χ0) is 17.2. The fraction of sp³-hybridized carbons (Fsp3) is 0.529. The summed E-state index contributed by atoms with van der Waals surface area (Å²) in [5.41, 5.74) is 0. The molecule has 0 aliphatic rings. The number of thiocarbonyl (C=S) groups is 1. The molecule has 24 heavy (non-hydrogen) atoms. The average Bonchev–Trinajstić information content (AvgIpc) is 3.19. The third kappa shape index (κ3) is 6.57. The van der Waals surface area contributed by atoms with Crippen LogP contribution in [0.5, 0.6) is 0 Å². The summed E-state index contributed by atoms with van der Waals surface area (Å²) >= 11 is 7.13. The predicted octanol–water partition coefficient (Wildman–Crippen LogP) is 3.13. The number of hydrogen-bond donors (Lipinski definition) is 2. The van der Waals surface area contributed by atoms with Crippen molar-refractivity contribution in [2.24, 2.45) is 0 Å². The molecule has 0 atom stereocenters. The molecule has 5 nitrogen and oxygen atoms in total. The Bertz CT molecular complexity index is 624. The first-order valence-electron chi connectivity index (χ1n) is 8.33. The first-order chi connectivity index (χ1) is 11.7. The van der Waals surface area contributed by atoms with Gasteiger partial charge in [-0.25, -0.2) is 4.98 Å². The number of nitrogens with zero attached hydrogens (tertiary/aromatic N) is 2. The second kappa shape index (κ2) is 10.4. The van der Waals surface area contributed by atoms with Gasteiger partial charge in [0.05, 0.1) is 5.75 Å². The summed E-state index contributed by atoms with van der Waals surface area (Å²) in [5, 5.41) is 7.22. The number of aryl methyl sites for hydroxylation is 3. The molecule has 0 aliphatic carbocycles. The van der Waals surface area contributed by atoms with Crippen molar-refractivity contribution in [2.45, 2.75) is 39.0 Å². The van der Waals surface area contributed by atoms with E-state index in [1.54, 1.807) is 0 Å². The van der Waals surface area contributed by atoms with Gasteiger partial charge in [0.15, 0.2) is 5.11 Å². The molecular formula is C17H26N4OS2. The number of aromatic nitrogens is 2. The number of hydrogen-bond acceptors (Lipinski definition) is 4. The van der Waals surface area contributed by atoms with Crippen molar-refractivity contribution >= 4 is 29.1 Å². The van der Waals surface area contributed by atoms with E-state index >= 15 is 0 Å². The van der Waals surface area contributed by atoms with Crippen LogP contribution in [0.2, 0.25) is 0 Å². The second-order valence-corrected chi connectivity index (χ2v) is 7.01. The number of rotatable bonds is 10. The SMILES string of the molecule is CCc1nccn1CCCNC(=S)NCCSCc1ccc(C)o1. The highest BCUT2D eigenvalue weighted by molar-refractivity contribution is 7.98. The zero-order valence-electron chi connectivity index (χ0n) is 14.4. The minimum atomic E-state index is 0.728. The average molecular weight is 367 g/mol. The number of nitrogens with one attached hydrogen (secondary N) is 2. The molecule has 0 radical (unpaired) electrons. The van der Waals surface area contributed by atoms with Crippen LogP contribution in [0.4, 0.5) is 0 Å². The Morgan fingerprint density at radius 2 is 2.17 bits per heavy atom. The third-order valence-electron chi connectivity index (χ3n) is 3.55. The molecule has 0 spiro atoms. The van der Waals surface area contributed by atoms with Gasteiger partial charge in [0.2, 0.25) is 0 Å². The van der Waals surface area contributed by atoms with Gasteiger partial charge in [0, 0.05) is 44.2 Å². The number of furan rings is 1. The first kappa shape index (κ1) is 18.9. The van der Waals surface area contributed by atoms with Gasteiger partial charge in [-0.3, -0.25) is 0 Å². The van der Waals surface area contributed by atoms with Crippen molar-refractivity contribution in [3.63, 3.8) is 0 Å². The highest BCUT2D eigenvalue weighted by atomic mass is 32.2. The van der Waals surface area contributed by atoms with E-state index in [0.29, 0.717) is 0 Å². The Labute approximate surface area is 153 Å². The van der Waals surface area contributed by atoms with E-state index in [9.17, 15) is 0 Å². The lowest BCUT2D eigenvalue weighted by Crippen LogP contribution is -2.37. The molecular weight excluding hydrogens is 340 g/mol. The maximum absolute atomic E-state index is 5.54. The Kier molecular flexibility index (Phi) is 8.18. The molecule has 0 amide bonds. The van der Waals surface area contributed by atoms with Gasteiger partial charge >= 0.3 is 0 Å². The Hall–Kier alpha value is -1.47. The van der Waals surface area contributed by atoms with E-state index < -0.39 is 0 Å². The molecule has 132 valence electrons. The van der Waals surface area contributed by atoms with Crippen molar-refractivity contribution in [1.82, 2.24) is 20.2 Å². The van der Waals surface area contributed by atoms with Crippen molar-refractivity contribution in [3.05, 3.63) is 41.9 Å². The van der Waals surface area contributed by atoms with Crippen LogP contribution in [0.15, 0.2) is 28.9 Å². The minimum absolute atomic E-state index is 0.728. The van der Waals surface area contributed by atoms with Gasteiger partial charge in [-0.05, 0) is 37.7 Å². The lowest BCUT2D eigenvalue weighted by molar-refractivity contribution is 0.501. The van der Waals surface area contributed by atoms with Gasteiger partial charge in [-0.2, -0.15) is 11.8 Å². The normalized spacial score (nSPS) is 10.8. The van der Waals surface area contributed by atoms with Crippen LogP contribution in [0.3, 0.4) is 0 Å². The zero-order valence-corrected chi connectivity index (χ0v) is 16.0. The van der Waals surface area contributed by atoms with E-state index in [4.69, 9.17) is 16.6 Å². The van der Waals surface area contributed by atoms with Gasteiger partial charge in [0.1, 0.15) is 17.3 Å². The molecule has 0 aliphatic heterocycles. The highest BCUT2D eigenvalue weighted by Gasteiger charge is 2.01. The predicted molar refractivity (Wildman–Crippen MR) is 104 cm³/mol. The molecule has 0 aromatic carbocycles. The quantitative estimate of drug-likeness (QED) is 0.498. The molecule has 0 bridgehead atoms. The molecule has 2 rings (SSSR count). The lowest BCUT2D eigenvalue weighted by Gasteiger charge is -2.11. The van der Waals surface area contributed by atoms with E-state index in [1.807, 2.05) is 43.2 Å². The largest absolute Gasteiger partial charge is 0.466 e. The Morgan fingerprint density at radius 3 is 2.92 bits per heavy atom. The van der Waals surface area contributed by atoms with E-state index in [2.05, 4.69) is 27.1 Å². The topological polar surface area (TPSA) is 55.0 Å². The molecule has 2 aromatic heterocycles. The second-order valence-electron chi connectivity index (χ2n) is 5.49. The first-order valence-corrected chi connectivity index (χ1v) is 9.90. The fourth-order valence-electron chi connectivity index (χ4n) is 2.34. The van der Waals surface area contributed by atoms with E-state index in [0.717, 1.165) is 66.4 Å². The van der Waals surface area contributed by atoms with Crippen LogP contribution in [-0.4, -0.2) is 33.5 Å². The molecule has 0 saturated carbocycles. The smallest absolute Gasteiger partial charge is 0.166 e. The van der Waals surface area contributed by atoms with Crippen molar-refractivity contribution in [1.29, 1.82) is 0 Å². The highest BCUT2D eigenvalue weighted by Crippen LogP contribution is 2.14. The van der Waals surface area contributed by atoms with Gasteiger partial charge in [-0.15, -0.1) is 0 Å². The van der Waals surface area contributed by atoms with Gasteiger partial charge < -0.3 is 19.6 Å². The molecule has 2 N–H and O–H groups in total. The summed E-state index contributed by atoms with van der Waals surface area (Å²) in [6, 6.07) is 4.03. The molecule has 0 unspecified atom stereocenters. The van der Waals surface area contributed by atoms with E-state index in [1.165, 1.54) is 0 Å². The lowest BCUT2D eigenvalue weighted by atomic mass is 10.4. The Balaban J connectivity index is 1.48. The summed E-state index contributed by atoms with van der Waals surface area (Å²) in [4.78, 5) is 4.33. The minimum Gasteiger partial charge on any atom is -0.466 e. The summed E-state index contributed by atoms with van der Waals surface area (Å²) in [7, 11) is 0. The third-order valence-corrected chi connectivity index (χ3v) is 4.82.